The fourth-order valence-electron chi connectivity index (χ4n) is 3.66. The van der Waals surface area contributed by atoms with Gasteiger partial charge >= 0.3 is 0 Å². The molecule has 3 N–H and O–H groups in total. The summed E-state index contributed by atoms with van der Waals surface area (Å²) in [6, 6.07) is 0. The lowest BCUT2D eigenvalue weighted by molar-refractivity contribution is 0.0753. The zero-order chi connectivity index (χ0) is 14.7. The van der Waals surface area contributed by atoms with Crippen molar-refractivity contribution in [2.75, 3.05) is 26.2 Å². The second-order valence-corrected chi connectivity index (χ2v) is 6.47. The summed E-state index contributed by atoms with van der Waals surface area (Å²) in [7, 11) is 0. The van der Waals surface area contributed by atoms with Crippen LogP contribution < -0.4 is 5.73 Å². The molecule has 3 nitrogen and oxygen atoms in total. The summed E-state index contributed by atoms with van der Waals surface area (Å²) in [5.41, 5.74) is 6.50. The number of nitrogens with zero attached hydrogens (tertiary/aromatic N) is 1. The number of hydrogen-bond acceptors (Lipinski definition) is 3. The minimum absolute atomic E-state index is 0.281. The maximum atomic E-state index is 8.85. The minimum atomic E-state index is 0.281. The molecule has 1 fully saturated rings. The number of rotatable bonds is 10. The third-order valence-electron chi connectivity index (χ3n) is 4.91. The number of hydrogen-bond donors (Lipinski definition) is 2. The van der Waals surface area contributed by atoms with E-state index in [1.165, 1.54) is 70.9 Å². The molecule has 0 unspecified atom stereocenters. The van der Waals surface area contributed by atoms with Crippen LogP contribution >= 0.6 is 0 Å². The molecule has 3 heteroatoms. The van der Waals surface area contributed by atoms with Gasteiger partial charge in [-0.15, -0.1) is 0 Å². The van der Waals surface area contributed by atoms with E-state index in [4.69, 9.17) is 10.8 Å². The molecule has 0 atom stereocenters. The van der Waals surface area contributed by atoms with Crippen LogP contribution in [0, 0.1) is 0 Å². The maximum Gasteiger partial charge on any atom is 0.0431 e. The van der Waals surface area contributed by atoms with Crippen molar-refractivity contribution in [2.45, 2.75) is 83.1 Å². The van der Waals surface area contributed by atoms with Crippen molar-refractivity contribution >= 4 is 0 Å². The smallest absolute Gasteiger partial charge is 0.0431 e. The molecule has 0 spiro atoms. The van der Waals surface area contributed by atoms with Gasteiger partial charge in [-0.2, -0.15) is 0 Å². The molecule has 0 heterocycles. The fraction of sp³-hybridized carbons (Fsp3) is 1.00. The fourth-order valence-corrected chi connectivity index (χ4v) is 3.66. The molecule has 0 amide bonds. The highest BCUT2D eigenvalue weighted by atomic mass is 16.2. The van der Waals surface area contributed by atoms with Crippen molar-refractivity contribution in [3.05, 3.63) is 0 Å². The van der Waals surface area contributed by atoms with Crippen LogP contribution in [0.5, 0.6) is 0 Å². The Labute approximate surface area is 125 Å². The molecule has 0 aromatic carbocycles. The van der Waals surface area contributed by atoms with Crippen LogP contribution in [-0.4, -0.2) is 41.8 Å². The summed E-state index contributed by atoms with van der Waals surface area (Å²) in [6.07, 6.45) is 13.9. The minimum Gasteiger partial charge on any atom is -0.396 e. The molecule has 1 aliphatic rings. The van der Waals surface area contributed by atoms with Crippen molar-refractivity contribution in [1.29, 1.82) is 0 Å². The van der Waals surface area contributed by atoms with E-state index in [-0.39, 0.29) is 5.54 Å². The summed E-state index contributed by atoms with van der Waals surface area (Å²) in [5.74, 6) is 0. The molecule has 0 radical (unpaired) electrons. The van der Waals surface area contributed by atoms with Crippen molar-refractivity contribution in [3.63, 3.8) is 0 Å². The van der Waals surface area contributed by atoms with E-state index in [0.29, 0.717) is 6.61 Å². The van der Waals surface area contributed by atoms with E-state index >= 15 is 0 Å². The first-order valence-corrected chi connectivity index (χ1v) is 8.85. The van der Waals surface area contributed by atoms with Crippen LogP contribution in [0.2, 0.25) is 0 Å². The lowest BCUT2D eigenvalue weighted by atomic mass is 9.87. The SMILES string of the molecule is CCCN(CCCCCCO)C1(CN)CCCCCC1. The van der Waals surface area contributed by atoms with Gasteiger partial charge in [0.25, 0.3) is 0 Å². The van der Waals surface area contributed by atoms with Gasteiger partial charge in [0, 0.05) is 18.7 Å². The molecule has 0 bridgehead atoms. The Kier molecular flexibility index (Phi) is 9.49. The second kappa shape index (κ2) is 10.6. The highest BCUT2D eigenvalue weighted by molar-refractivity contribution is 4.93. The predicted molar refractivity (Wildman–Crippen MR) is 86.9 cm³/mol. The lowest BCUT2D eigenvalue weighted by Gasteiger charge is -2.43. The van der Waals surface area contributed by atoms with E-state index in [2.05, 4.69) is 11.8 Å². The van der Waals surface area contributed by atoms with E-state index in [1.54, 1.807) is 0 Å². The number of unbranched alkanes of at least 4 members (excludes halogenated alkanes) is 3. The Morgan fingerprint density at radius 1 is 0.950 bits per heavy atom. The van der Waals surface area contributed by atoms with E-state index < -0.39 is 0 Å². The first-order chi connectivity index (χ1) is 9.79. The molecule has 120 valence electrons. The van der Waals surface area contributed by atoms with Crippen molar-refractivity contribution in [3.8, 4) is 0 Å². The third kappa shape index (κ3) is 5.71. The van der Waals surface area contributed by atoms with Crippen LogP contribution in [0.1, 0.15) is 77.6 Å². The lowest BCUT2D eigenvalue weighted by Crippen LogP contribution is -2.54. The summed E-state index contributed by atoms with van der Waals surface area (Å²) in [4.78, 5) is 2.71. The molecular weight excluding hydrogens is 248 g/mol. The van der Waals surface area contributed by atoms with Gasteiger partial charge in [0.05, 0.1) is 0 Å². The Balaban J connectivity index is 2.51. The van der Waals surface area contributed by atoms with Crippen molar-refractivity contribution < 1.29 is 5.11 Å². The second-order valence-electron chi connectivity index (χ2n) is 6.47. The first-order valence-electron chi connectivity index (χ1n) is 8.85. The molecule has 1 rings (SSSR count). The van der Waals surface area contributed by atoms with Gasteiger partial charge in [0.1, 0.15) is 0 Å². The Bertz CT molecular complexity index is 225. The molecule has 0 aromatic rings. The number of aliphatic hydroxyl groups excluding tert-OH is 1. The summed E-state index contributed by atoms with van der Waals surface area (Å²) >= 11 is 0. The quantitative estimate of drug-likeness (QED) is 0.478. The molecule has 0 aromatic heterocycles. The summed E-state index contributed by atoms with van der Waals surface area (Å²) < 4.78 is 0. The van der Waals surface area contributed by atoms with Gasteiger partial charge in [-0.3, -0.25) is 4.90 Å². The van der Waals surface area contributed by atoms with Crippen LogP contribution in [-0.2, 0) is 0 Å². The van der Waals surface area contributed by atoms with E-state index in [9.17, 15) is 0 Å². The van der Waals surface area contributed by atoms with Crippen LogP contribution in [0.3, 0.4) is 0 Å². The van der Waals surface area contributed by atoms with Crippen molar-refractivity contribution in [1.82, 2.24) is 4.90 Å². The zero-order valence-electron chi connectivity index (χ0n) is 13.6. The van der Waals surface area contributed by atoms with Crippen molar-refractivity contribution in [2.24, 2.45) is 5.73 Å². The molecule has 1 aliphatic carbocycles. The predicted octanol–water partition coefficient (Wildman–Crippen LogP) is 3.30. The van der Waals surface area contributed by atoms with Gasteiger partial charge in [0.15, 0.2) is 0 Å². The zero-order valence-corrected chi connectivity index (χ0v) is 13.6. The monoisotopic (exact) mass is 284 g/mol. The third-order valence-corrected chi connectivity index (χ3v) is 4.91. The first kappa shape index (κ1) is 17.9. The van der Waals surface area contributed by atoms with Crippen LogP contribution in [0.4, 0.5) is 0 Å². The molecule has 20 heavy (non-hydrogen) atoms. The number of nitrogens with two attached hydrogens (primary N) is 1. The molecule has 1 saturated carbocycles. The highest BCUT2D eigenvalue weighted by Crippen LogP contribution is 2.32. The number of aliphatic hydroxyl groups is 1. The van der Waals surface area contributed by atoms with Gasteiger partial charge in [0.2, 0.25) is 0 Å². The van der Waals surface area contributed by atoms with E-state index in [1.807, 2.05) is 0 Å². The van der Waals surface area contributed by atoms with Gasteiger partial charge in [-0.05, 0) is 45.2 Å². The van der Waals surface area contributed by atoms with E-state index in [0.717, 1.165) is 19.4 Å². The Morgan fingerprint density at radius 3 is 2.15 bits per heavy atom. The molecule has 0 saturated heterocycles. The van der Waals surface area contributed by atoms with Crippen LogP contribution in [0.15, 0.2) is 0 Å². The highest BCUT2D eigenvalue weighted by Gasteiger charge is 2.34. The summed E-state index contributed by atoms with van der Waals surface area (Å²) in [6.45, 7) is 5.82. The van der Waals surface area contributed by atoms with Gasteiger partial charge in [-0.1, -0.05) is 45.4 Å². The average Bonchev–Trinajstić information content (AvgIpc) is 2.72. The normalized spacial score (nSPS) is 19.2. The maximum absolute atomic E-state index is 8.85. The molecular formula is C17H36N2O. The standard InChI is InChI=1S/C17H36N2O/c1-2-13-19(14-9-5-6-10-15-20)17(16-18)11-7-3-4-8-12-17/h20H,2-16,18H2,1H3. The van der Waals surface area contributed by atoms with Gasteiger partial charge in [-0.25, -0.2) is 0 Å². The topological polar surface area (TPSA) is 49.5 Å². The Morgan fingerprint density at radius 2 is 1.60 bits per heavy atom. The van der Waals surface area contributed by atoms with Crippen LogP contribution in [0.25, 0.3) is 0 Å². The Hall–Kier alpha value is -0.120. The summed E-state index contributed by atoms with van der Waals surface area (Å²) in [5, 5.41) is 8.85. The average molecular weight is 284 g/mol. The van der Waals surface area contributed by atoms with Gasteiger partial charge < -0.3 is 10.8 Å². The largest absolute Gasteiger partial charge is 0.396 e. The molecule has 0 aliphatic heterocycles.